The molecular weight excluding hydrogens is 236 g/mol. The summed E-state index contributed by atoms with van der Waals surface area (Å²) in [5.41, 5.74) is 0. The number of carbonyl (C=O) groups excluding carboxylic acids is 2. The molecule has 0 aromatic rings. The molecule has 0 bridgehead atoms. The Morgan fingerprint density at radius 1 is 1.28 bits per heavy atom. The van der Waals surface area contributed by atoms with Crippen LogP contribution in [0.15, 0.2) is 0 Å². The van der Waals surface area contributed by atoms with Gasteiger partial charge in [0.05, 0.1) is 12.5 Å². The van der Waals surface area contributed by atoms with Crippen LogP contribution < -0.4 is 5.32 Å². The first-order valence-corrected chi connectivity index (χ1v) is 6.42. The topological polar surface area (TPSA) is 86.7 Å². The maximum Gasteiger partial charge on any atom is 0.321 e. The van der Waals surface area contributed by atoms with Gasteiger partial charge in [0.25, 0.3) is 0 Å². The largest absolute Gasteiger partial charge is 0.480 e. The molecule has 2 aliphatic carbocycles. The minimum Gasteiger partial charge on any atom is -0.480 e. The molecule has 2 N–H and O–H groups in total. The van der Waals surface area contributed by atoms with Crippen LogP contribution >= 0.6 is 0 Å². The summed E-state index contributed by atoms with van der Waals surface area (Å²) in [5.74, 6) is -1.22. The normalized spacial score (nSPS) is 29.8. The smallest absolute Gasteiger partial charge is 0.321 e. The van der Waals surface area contributed by atoms with Crippen LogP contribution in [0.1, 0.15) is 32.1 Å². The Morgan fingerprint density at radius 2 is 1.94 bits per heavy atom. The number of likely N-dealkylation sites (tertiary alicyclic amines) is 1. The third-order valence-corrected chi connectivity index (χ3v) is 3.84. The summed E-state index contributed by atoms with van der Waals surface area (Å²) in [6, 6.07) is -1.26. The SMILES string of the molecule is O=C(O)C(NC1CC(=O)N(C2CC2)C1=O)C1CC1. The van der Waals surface area contributed by atoms with E-state index >= 15 is 0 Å². The molecule has 18 heavy (non-hydrogen) atoms. The zero-order valence-corrected chi connectivity index (χ0v) is 9.96. The number of carboxylic acids is 1. The molecule has 2 amide bonds. The minimum atomic E-state index is -0.928. The van der Waals surface area contributed by atoms with Crippen molar-refractivity contribution in [3.8, 4) is 0 Å². The number of nitrogens with zero attached hydrogens (tertiary/aromatic N) is 1. The van der Waals surface area contributed by atoms with E-state index in [4.69, 9.17) is 5.11 Å². The lowest BCUT2D eigenvalue weighted by Gasteiger charge is -2.18. The summed E-state index contributed by atoms with van der Waals surface area (Å²) >= 11 is 0. The van der Waals surface area contributed by atoms with E-state index in [1.807, 2.05) is 0 Å². The molecule has 2 atom stereocenters. The third-order valence-electron chi connectivity index (χ3n) is 3.84. The van der Waals surface area contributed by atoms with Gasteiger partial charge in [0.1, 0.15) is 6.04 Å². The van der Waals surface area contributed by atoms with Crippen LogP contribution in [0.25, 0.3) is 0 Å². The summed E-state index contributed by atoms with van der Waals surface area (Å²) in [4.78, 5) is 36.2. The van der Waals surface area contributed by atoms with E-state index < -0.39 is 18.1 Å². The van der Waals surface area contributed by atoms with Crippen LogP contribution in [0.3, 0.4) is 0 Å². The van der Waals surface area contributed by atoms with Crippen molar-refractivity contribution >= 4 is 17.8 Å². The highest BCUT2D eigenvalue weighted by Crippen LogP contribution is 2.35. The Hall–Kier alpha value is -1.43. The maximum atomic E-state index is 12.0. The molecule has 1 aliphatic heterocycles. The van der Waals surface area contributed by atoms with Gasteiger partial charge in [0.15, 0.2) is 0 Å². The average molecular weight is 252 g/mol. The highest BCUT2D eigenvalue weighted by atomic mass is 16.4. The summed E-state index contributed by atoms with van der Waals surface area (Å²) in [6.07, 6.45) is 3.63. The molecule has 98 valence electrons. The molecule has 0 spiro atoms. The van der Waals surface area contributed by atoms with E-state index in [1.165, 1.54) is 4.90 Å². The van der Waals surface area contributed by atoms with Crippen molar-refractivity contribution < 1.29 is 19.5 Å². The number of carboxylic acid groups (broad SMARTS) is 1. The van der Waals surface area contributed by atoms with Crippen LogP contribution in [0.4, 0.5) is 0 Å². The summed E-state index contributed by atoms with van der Waals surface area (Å²) in [7, 11) is 0. The van der Waals surface area contributed by atoms with Gasteiger partial charge in [-0.05, 0) is 31.6 Å². The van der Waals surface area contributed by atoms with Crippen molar-refractivity contribution in [3.05, 3.63) is 0 Å². The highest BCUT2D eigenvalue weighted by molar-refractivity contribution is 6.06. The van der Waals surface area contributed by atoms with Crippen LogP contribution in [-0.4, -0.2) is 45.9 Å². The molecule has 3 rings (SSSR count). The van der Waals surface area contributed by atoms with E-state index in [-0.39, 0.29) is 30.2 Å². The fourth-order valence-electron chi connectivity index (χ4n) is 2.55. The van der Waals surface area contributed by atoms with Crippen molar-refractivity contribution in [3.63, 3.8) is 0 Å². The Bertz CT molecular complexity index is 414. The second kappa shape index (κ2) is 4.05. The monoisotopic (exact) mass is 252 g/mol. The van der Waals surface area contributed by atoms with E-state index in [1.54, 1.807) is 0 Å². The number of nitrogens with one attached hydrogen (secondary N) is 1. The fourth-order valence-corrected chi connectivity index (χ4v) is 2.55. The number of amides is 2. The first-order chi connectivity index (χ1) is 8.58. The quantitative estimate of drug-likeness (QED) is 0.658. The number of carbonyl (C=O) groups is 3. The molecule has 3 aliphatic rings. The van der Waals surface area contributed by atoms with E-state index in [2.05, 4.69) is 5.32 Å². The molecule has 0 aromatic heterocycles. The van der Waals surface area contributed by atoms with Crippen LogP contribution in [-0.2, 0) is 14.4 Å². The Labute approximate surface area is 104 Å². The Kier molecular flexibility index (Phi) is 2.62. The molecule has 1 heterocycles. The third kappa shape index (κ3) is 2.01. The van der Waals surface area contributed by atoms with Gasteiger partial charge in [-0.2, -0.15) is 0 Å². The van der Waals surface area contributed by atoms with Gasteiger partial charge in [-0.25, -0.2) is 0 Å². The molecule has 2 unspecified atom stereocenters. The Morgan fingerprint density at radius 3 is 2.44 bits per heavy atom. The van der Waals surface area contributed by atoms with Gasteiger partial charge in [-0.3, -0.25) is 24.6 Å². The van der Waals surface area contributed by atoms with Gasteiger partial charge in [-0.15, -0.1) is 0 Å². The maximum absolute atomic E-state index is 12.0. The second-order valence-electron chi connectivity index (χ2n) is 5.41. The minimum absolute atomic E-state index is 0.0704. The van der Waals surface area contributed by atoms with Crippen molar-refractivity contribution in [2.45, 2.75) is 50.2 Å². The summed E-state index contributed by atoms with van der Waals surface area (Å²) in [6.45, 7) is 0. The lowest BCUT2D eigenvalue weighted by atomic mass is 10.1. The average Bonchev–Trinajstić information content (AvgIpc) is 3.16. The molecule has 1 saturated heterocycles. The van der Waals surface area contributed by atoms with Gasteiger partial charge < -0.3 is 5.11 Å². The van der Waals surface area contributed by atoms with Crippen LogP contribution in [0.5, 0.6) is 0 Å². The van der Waals surface area contributed by atoms with Crippen molar-refractivity contribution in [1.29, 1.82) is 0 Å². The number of imide groups is 1. The van der Waals surface area contributed by atoms with Gasteiger partial charge in [-0.1, -0.05) is 0 Å². The lowest BCUT2D eigenvalue weighted by Crippen LogP contribution is -2.48. The first-order valence-electron chi connectivity index (χ1n) is 6.42. The van der Waals surface area contributed by atoms with Crippen LogP contribution in [0.2, 0.25) is 0 Å². The predicted molar refractivity (Wildman–Crippen MR) is 60.6 cm³/mol. The standard InChI is InChI=1S/C12H16N2O4/c15-9-5-8(11(16)14(9)7-3-4-7)13-10(12(17)18)6-1-2-6/h6-8,10,13H,1-5H2,(H,17,18). The molecular formula is C12H16N2O4. The van der Waals surface area contributed by atoms with Gasteiger partial charge in [0, 0.05) is 6.04 Å². The molecule has 0 aromatic carbocycles. The number of hydrogen-bond acceptors (Lipinski definition) is 4. The molecule has 3 fully saturated rings. The number of rotatable bonds is 5. The van der Waals surface area contributed by atoms with Crippen molar-refractivity contribution in [1.82, 2.24) is 10.2 Å². The zero-order valence-electron chi connectivity index (χ0n) is 9.96. The summed E-state index contributed by atoms with van der Waals surface area (Å²) in [5, 5.41) is 12.0. The summed E-state index contributed by atoms with van der Waals surface area (Å²) < 4.78 is 0. The zero-order chi connectivity index (χ0) is 12.9. The molecule has 6 nitrogen and oxygen atoms in total. The molecule has 0 radical (unpaired) electrons. The van der Waals surface area contributed by atoms with E-state index in [9.17, 15) is 14.4 Å². The Balaban J connectivity index is 1.67. The van der Waals surface area contributed by atoms with E-state index in [0.29, 0.717) is 0 Å². The number of hydrogen-bond donors (Lipinski definition) is 2. The van der Waals surface area contributed by atoms with Gasteiger partial charge in [0.2, 0.25) is 11.8 Å². The molecule has 6 heteroatoms. The van der Waals surface area contributed by atoms with Crippen molar-refractivity contribution in [2.75, 3.05) is 0 Å². The lowest BCUT2D eigenvalue weighted by molar-refractivity contribution is -0.140. The molecule has 2 saturated carbocycles. The van der Waals surface area contributed by atoms with Crippen LogP contribution in [0, 0.1) is 5.92 Å². The van der Waals surface area contributed by atoms with Gasteiger partial charge >= 0.3 is 5.97 Å². The number of aliphatic carboxylic acids is 1. The second-order valence-corrected chi connectivity index (χ2v) is 5.41. The first kappa shape index (κ1) is 11.6. The fraction of sp³-hybridized carbons (Fsp3) is 0.750. The highest BCUT2D eigenvalue weighted by Gasteiger charge is 2.48. The predicted octanol–water partition coefficient (Wildman–Crippen LogP) is -0.271. The van der Waals surface area contributed by atoms with Crippen molar-refractivity contribution in [2.24, 2.45) is 5.92 Å². The van der Waals surface area contributed by atoms with E-state index in [0.717, 1.165) is 25.7 Å².